The van der Waals surface area contributed by atoms with E-state index in [0.29, 0.717) is 18.5 Å². The van der Waals surface area contributed by atoms with Crippen molar-refractivity contribution in [2.75, 3.05) is 4.90 Å². The third-order valence-electron chi connectivity index (χ3n) is 6.89. The summed E-state index contributed by atoms with van der Waals surface area (Å²) in [5.41, 5.74) is 2.39. The average Bonchev–Trinajstić information content (AvgIpc) is 3.14. The number of carbonyl (C=O) groups is 3. The number of amides is 2. The fourth-order valence-corrected chi connectivity index (χ4v) is 5.05. The number of esters is 1. The highest BCUT2D eigenvalue weighted by Gasteiger charge is 2.50. The van der Waals surface area contributed by atoms with Crippen LogP contribution in [-0.4, -0.2) is 23.9 Å². The van der Waals surface area contributed by atoms with Crippen LogP contribution in [0.4, 0.5) is 5.69 Å². The molecule has 1 saturated heterocycles. The minimum Gasteiger partial charge on any atom is -0.459 e. The van der Waals surface area contributed by atoms with Gasteiger partial charge in [0.1, 0.15) is 6.10 Å². The van der Waals surface area contributed by atoms with Gasteiger partial charge in [0.15, 0.2) is 0 Å². The van der Waals surface area contributed by atoms with Crippen LogP contribution in [0.1, 0.15) is 43.7 Å². The second-order valence-electron chi connectivity index (χ2n) is 9.31. The summed E-state index contributed by atoms with van der Waals surface area (Å²) >= 11 is 4.40. The van der Waals surface area contributed by atoms with Crippen molar-refractivity contribution in [1.82, 2.24) is 0 Å². The normalized spacial score (nSPS) is 19.3. The van der Waals surface area contributed by atoms with E-state index in [-0.39, 0.29) is 17.7 Å². The number of para-hydroxylation sites is 1. The van der Waals surface area contributed by atoms with Gasteiger partial charge in [0.05, 0.1) is 11.6 Å². The Hall–Kier alpha value is -3.64. The Labute approximate surface area is 223 Å². The molecule has 5 nitrogen and oxygen atoms in total. The number of carbonyl (C=O) groups excluding carboxylic acids is 3. The van der Waals surface area contributed by atoms with Crippen molar-refractivity contribution in [2.24, 2.45) is 11.8 Å². The van der Waals surface area contributed by atoms with Gasteiger partial charge in [-0.3, -0.25) is 14.5 Å². The van der Waals surface area contributed by atoms with Crippen LogP contribution in [0.3, 0.4) is 0 Å². The van der Waals surface area contributed by atoms with E-state index in [2.05, 4.69) is 12.6 Å². The zero-order chi connectivity index (χ0) is 26.4. The van der Waals surface area contributed by atoms with Gasteiger partial charge in [-0.15, -0.1) is 12.6 Å². The molecule has 0 radical (unpaired) electrons. The first kappa shape index (κ1) is 26.4. The van der Waals surface area contributed by atoms with Gasteiger partial charge in [-0.05, 0) is 60.2 Å². The van der Waals surface area contributed by atoms with E-state index in [1.165, 1.54) is 11.0 Å². The third-order valence-corrected chi connectivity index (χ3v) is 7.19. The van der Waals surface area contributed by atoms with E-state index in [1.54, 1.807) is 18.2 Å². The summed E-state index contributed by atoms with van der Waals surface area (Å²) in [7, 11) is 0. The molecule has 2 amide bonds. The first-order valence-corrected chi connectivity index (χ1v) is 13.0. The number of thiol groups is 1. The van der Waals surface area contributed by atoms with E-state index >= 15 is 0 Å². The van der Waals surface area contributed by atoms with E-state index in [4.69, 9.17) is 4.74 Å². The Bertz CT molecular complexity index is 1260. The second kappa shape index (κ2) is 12.1. The van der Waals surface area contributed by atoms with Crippen LogP contribution in [0.2, 0.25) is 0 Å². The lowest BCUT2D eigenvalue weighted by Gasteiger charge is -2.28. The maximum atomic E-state index is 13.7. The SMILES string of the molecule is CCC(CC(c1ccc(S)cc1)C1C(=O)N(c2ccccc2)C(=O)C1C)OC(=O)C=Cc1ccccc1. The maximum Gasteiger partial charge on any atom is 0.331 e. The molecule has 0 spiro atoms. The number of hydrogen-bond acceptors (Lipinski definition) is 5. The lowest BCUT2D eigenvalue weighted by molar-refractivity contribution is -0.143. The number of rotatable bonds is 9. The van der Waals surface area contributed by atoms with Gasteiger partial charge in [0.25, 0.3) is 0 Å². The van der Waals surface area contributed by atoms with Crippen molar-refractivity contribution >= 4 is 42.2 Å². The molecule has 0 aliphatic carbocycles. The molecule has 4 unspecified atom stereocenters. The molecule has 3 aromatic rings. The molecule has 4 atom stereocenters. The van der Waals surface area contributed by atoms with Gasteiger partial charge in [-0.25, -0.2) is 4.79 Å². The van der Waals surface area contributed by atoms with Gasteiger partial charge in [-0.1, -0.05) is 74.5 Å². The first-order valence-electron chi connectivity index (χ1n) is 12.5. The molecular formula is C31H31NO4S. The Kier molecular flexibility index (Phi) is 8.62. The van der Waals surface area contributed by atoms with Crippen LogP contribution in [0.15, 0.2) is 95.9 Å². The maximum absolute atomic E-state index is 13.7. The molecule has 37 heavy (non-hydrogen) atoms. The van der Waals surface area contributed by atoms with Crippen molar-refractivity contribution < 1.29 is 19.1 Å². The first-order chi connectivity index (χ1) is 17.9. The standard InChI is InChI=1S/C31H31NO4S/c1-3-25(36-28(33)19-14-22-10-6-4-7-11-22)20-27(23-15-17-26(37)18-16-23)29-21(2)30(34)32(31(29)35)24-12-8-5-9-13-24/h4-19,21,25,27,29,37H,3,20H2,1-2H3. The Balaban J connectivity index is 1.59. The highest BCUT2D eigenvalue weighted by molar-refractivity contribution is 7.80. The number of benzene rings is 3. The smallest absolute Gasteiger partial charge is 0.331 e. The van der Waals surface area contributed by atoms with Crippen LogP contribution in [0.25, 0.3) is 6.08 Å². The summed E-state index contributed by atoms with van der Waals surface area (Å²) < 4.78 is 5.81. The zero-order valence-electron chi connectivity index (χ0n) is 21.0. The van der Waals surface area contributed by atoms with Crippen LogP contribution in [-0.2, 0) is 19.1 Å². The summed E-state index contributed by atoms with van der Waals surface area (Å²) in [5, 5.41) is 0. The zero-order valence-corrected chi connectivity index (χ0v) is 21.9. The van der Waals surface area contributed by atoms with Crippen LogP contribution in [0, 0.1) is 11.8 Å². The second-order valence-corrected chi connectivity index (χ2v) is 9.82. The molecule has 190 valence electrons. The van der Waals surface area contributed by atoms with E-state index in [0.717, 1.165) is 16.0 Å². The molecule has 0 N–H and O–H groups in total. The molecule has 1 fully saturated rings. The van der Waals surface area contributed by atoms with Gasteiger partial charge in [0, 0.05) is 16.9 Å². The molecular weight excluding hydrogens is 482 g/mol. The van der Waals surface area contributed by atoms with E-state index in [1.807, 2.05) is 86.6 Å². The summed E-state index contributed by atoms with van der Waals surface area (Å²) in [6.45, 7) is 3.76. The topological polar surface area (TPSA) is 63.7 Å². The number of nitrogens with zero attached hydrogens (tertiary/aromatic N) is 1. The average molecular weight is 514 g/mol. The molecule has 6 heteroatoms. The van der Waals surface area contributed by atoms with Crippen molar-refractivity contribution in [2.45, 2.75) is 43.6 Å². The van der Waals surface area contributed by atoms with Crippen molar-refractivity contribution in [3.8, 4) is 0 Å². The minimum absolute atomic E-state index is 0.215. The molecule has 1 heterocycles. The van der Waals surface area contributed by atoms with Crippen LogP contribution in [0.5, 0.6) is 0 Å². The van der Waals surface area contributed by atoms with E-state index < -0.39 is 23.9 Å². The minimum atomic E-state index is -0.578. The van der Waals surface area contributed by atoms with Gasteiger partial charge in [-0.2, -0.15) is 0 Å². The highest BCUT2D eigenvalue weighted by atomic mass is 32.1. The summed E-state index contributed by atoms with van der Waals surface area (Å²) in [6.07, 6.45) is 3.72. The van der Waals surface area contributed by atoms with E-state index in [9.17, 15) is 14.4 Å². The predicted octanol–water partition coefficient (Wildman–Crippen LogP) is 6.31. The Morgan fingerprint density at radius 1 is 0.946 bits per heavy atom. The summed E-state index contributed by atoms with van der Waals surface area (Å²) in [6, 6.07) is 26.2. The fraction of sp³-hybridized carbons (Fsp3) is 0.258. The number of ether oxygens (including phenoxy) is 1. The quantitative estimate of drug-likeness (QED) is 0.158. The number of hydrogen-bond donors (Lipinski definition) is 1. The van der Waals surface area contributed by atoms with Crippen LogP contribution < -0.4 is 4.90 Å². The molecule has 0 saturated carbocycles. The van der Waals surface area contributed by atoms with Crippen molar-refractivity contribution in [1.29, 1.82) is 0 Å². The highest BCUT2D eigenvalue weighted by Crippen LogP contribution is 2.42. The molecule has 1 aliphatic rings. The molecule has 1 aliphatic heterocycles. The fourth-order valence-electron chi connectivity index (χ4n) is 4.91. The molecule has 3 aromatic carbocycles. The van der Waals surface area contributed by atoms with Gasteiger partial charge < -0.3 is 4.74 Å². The summed E-state index contributed by atoms with van der Waals surface area (Å²) in [5.74, 6) is -2.29. The Morgan fingerprint density at radius 2 is 1.57 bits per heavy atom. The van der Waals surface area contributed by atoms with Crippen molar-refractivity contribution in [3.63, 3.8) is 0 Å². The Morgan fingerprint density at radius 3 is 2.19 bits per heavy atom. The molecule has 0 bridgehead atoms. The largest absolute Gasteiger partial charge is 0.459 e. The number of anilines is 1. The monoisotopic (exact) mass is 513 g/mol. The third kappa shape index (κ3) is 6.20. The van der Waals surface area contributed by atoms with Gasteiger partial charge >= 0.3 is 5.97 Å². The summed E-state index contributed by atoms with van der Waals surface area (Å²) in [4.78, 5) is 41.7. The lowest BCUT2D eigenvalue weighted by atomic mass is 9.76. The number of imide groups is 1. The molecule has 4 rings (SSSR count). The van der Waals surface area contributed by atoms with Gasteiger partial charge in [0.2, 0.25) is 11.8 Å². The lowest BCUT2D eigenvalue weighted by Crippen LogP contribution is -2.33. The van der Waals surface area contributed by atoms with Crippen LogP contribution >= 0.6 is 12.6 Å². The molecule has 0 aromatic heterocycles. The predicted molar refractivity (Wildman–Crippen MR) is 148 cm³/mol. The van der Waals surface area contributed by atoms with Crippen molar-refractivity contribution in [3.05, 3.63) is 102 Å².